The number of aryl methyl sites for hydroxylation is 2. The van der Waals surface area contributed by atoms with Crippen molar-refractivity contribution in [2.75, 3.05) is 5.75 Å². The molecule has 0 aliphatic carbocycles. The molecule has 0 radical (unpaired) electrons. The SMILES string of the molecule is C/C(N)=C(\C#N)C(=O)CSc1ccc(-n2nc(C)cc2C)nn1. The van der Waals surface area contributed by atoms with Gasteiger partial charge in [0.25, 0.3) is 0 Å². The first-order valence-electron chi connectivity index (χ1n) is 6.82. The van der Waals surface area contributed by atoms with Crippen molar-refractivity contribution in [3.63, 3.8) is 0 Å². The third kappa shape index (κ3) is 3.96. The number of carbonyl (C=O) groups excluding carboxylic acids is 1. The summed E-state index contributed by atoms with van der Waals surface area (Å²) in [6, 6.07) is 7.32. The van der Waals surface area contributed by atoms with Gasteiger partial charge in [0.1, 0.15) is 16.7 Å². The third-order valence-electron chi connectivity index (χ3n) is 2.99. The Morgan fingerprint density at radius 2 is 2.13 bits per heavy atom. The van der Waals surface area contributed by atoms with Crippen LogP contribution in [0.1, 0.15) is 18.3 Å². The lowest BCUT2D eigenvalue weighted by Gasteiger charge is -2.04. The van der Waals surface area contributed by atoms with Gasteiger partial charge in [0.15, 0.2) is 11.6 Å². The second-order valence-corrected chi connectivity index (χ2v) is 5.95. The number of hydrogen-bond acceptors (Lipinski definition) is 7. The molecule has 0 atom stereocenters. The molecule has 2 rings (SSSR count). The molecule has 2 N–H and O–H groups in total. The average Bonchev–Trinajstić information content (AvgIpc) is 2.84. The Labute approximate surface area is 138 Å². The largest absolute Gasteiger partial charge is 0.401 e. The van der Waals surface area contributed by atoms with Gasteiger partial charge in [-0.05, 0) is 39.0 Å². The molecule has 2 heterocycles. The number of rotatable bonds is 5. The topological polar surface area (TPSA) is 110 Å². The van der Waals surface area contributed by atoms with Gasteiger partial charge in [0.05, 0.1) is 11.4 Å². The van der Waals surface area contributed by atoms with Crippen LogP contribution in [0.25, 0.3) is 5.82 Å². The highest BCUT2D eigenvalue weighted by Crippen LogP contribution is 2.17. The number of hydrogen-bond donors (Lipinski definition) is 1. The van der Waals surface area contributed by atoms with Gasteiger partial charge in [-0.3, -0.25) is 4.79 Å². The molecule has 2 aromatic heterocycles. The highest BCUT2D eigenvalue weighted by molar-refractivity contribution is 7.99. The standard InChI is InChI=1S/C15H16N6OS/c1-9-6-10(2)21(20-9)14-4-5-15(19-18-14)23-8-13(22)12(7-16)11(3)17/h4-6H,8,17H2,1-3H3/b12-11-. The lowest BCUT2D eigenvalue weighted by Crippen LogP contribution is -2.10. The summed E-state index contributed by atoms with van der Waals surface area (Å²) in [6.45, 7) is 5.38. The second kappa shape index (κ2) is 7.07. The van der Waals surface area contributed by atoms with Crippen LogP contribution in [0, 0.1) is 25.2 Å². The highest BCUT2D eigenvalue weighted by Gasteiger charge is 2.13. The summed E-state index contributed by atoms with van der Waals surface area (Å²) in [4.78, 5) is 11.9. The number of thioether (sulfide) groups is 1. The highest BCUT2D eigenvalue weighted by atomic mass is 32.2. The van der Waals surface area contributed by atoms with Crippen LogP contribution in [0.15, 0.2) is 34.5 Å². The fourth-order valence-corrected chi connectivity index (χ4v) is 2.63. The second-order valence-electron chi connectivity index (χ2n) is 4.95. The summed E-state index contributed by atoms with van der Waals surface area (Å²) in [6.07, 6.45) is 0. The van der Waals surface area contributed by atoms with Crippen molar-refractivity contribution in [3.05, 3.63) is 40.9 Å². The van der Waals surface area contributed by atoms with Crippen molar-refractivity contribution >= 4 is 17.5 Å². The molecule has 0 aliphatic heterocycles. The van der Waals surface area contributed by atoms with Gasteiger partial charge in [-0.25, -0.2) is 4.68 Å². The van der Waals surface area contributed by atoms with Crippen molar-refractivity contribution in [3.8, 4) is 11.9 Å². The Kier molecular flexibility index (Phi) is 5.13. The van der Waals surface area contributed by atoms with Gasteiger partial charge in [-0.2, -0.15) is 10.4 Å². The number of aromatic nitrogens is 4. The van der Waals surface area contributed by atoms with Gasteiger partial charge in [0.2, 0.25) is 0 Å². The number of ketones is 1. The fraction of sp³-hybridized carbons (Fsp3) is 0.267. The van der Waals surface area contributed by atoms with E-state index < -0.39 is 0 Å². The Morgan fingerprint density at radius 3 is 2.61 bits per heavy atom. The minimum Gasteiger partial charge on any atom is -0.401 e. The monoisotopic (exact) mass is 328 g/mol. The lowest BCUT2D eigenvalue weighted by atomic mass is 10.2. The third-order valence-corrected chi connectivity index (χ3v) is 3.91. The number of nitrogens with zero attached hydrogens (tertiary/aromatic N) is 5. The van der Waals surface area contributed by atoms with Crippen LogP contribution in [0.3, 0.4) is 0 Å². The van der Waals surface area contributed by atoms with E-state index >= 15 is 0 Å². The maximum atomic E-state index is 11.9. The zero-order chi connectivity index (χ0) is 17.0. The molecule has 0 saturated heterocycles. The number of nitriles is 1. The van der Waals surface area contributed by atoms with Crippen LogP contribution >= 0.6 is 11.8 Å². The number of carbonyl (C=O) groups is 1. The maximum absolute atomic E-state index is 11.9. The smallest absolute Gasteiger partial charge is 0.185 e. The molecular weight excluding hydrogens is 312 g/mol. The van der Waals surface area contributed by atoms with Crippen molar-refractivity contribution < 1.29 is 4.79 Å². The minimum atomic E-state index is -0.318. The zero-order valence-corrected chi connectivity index (χ0v) is 13.9. The molecular formula is C15H16N6OS. The first kappa shape index (κ1) is 16.7. The summed E-state index contributed by atoms with van der Waals surface area (Å²) in [5.41, 5.74) is 7.59. The molecule has 2 aromatic rings. The Hall–Kier alpha value is -2.66. The van der Waals surface area contributed by atoms with E-state index in [1.807, 2.05) is 26.0 Å². The summed E-state index contributed by atoms with van der Waals surface area (Å²) in [5, 5.41) is 22.0. The first-order chi connectivity index (χ1) is 10.9. The molecule has 118 valence electrons. The van der Waals surface area contributed by atoms with E-state index in [-0.39, 0.29) is 22.8 Å². The van der Waals surface area contributed by atoms with E-state index in [2.05, 4.69) is 15.3 Å². The summed E-state index contributed by atoms with van der Waals surface area (Å²) < 4.78 is 1.70. The number of allylic oxidation sites excluding steroid dienone is 2. The average molecular weight is 328 g/mol. The van der Waals surface area contributed by atoms with Crippen molar-refractivity contribution in [2.24, 2.45) is 5.73 Å². The van der Waals surface area contributed by atoms with E-state index in [9.17, 15) is 4.79 Å². The molecule has 0 aliphatic rings. The van der Waals surface area contributed by atoms with E-state index in [0.717, 1.165) is 11.4 Å². The van der Waals surface area contributed by atoms with Crippen LogP contribution in [0.4, 0.5) is 0 Å². The predicted molar refractivity (Wildman–Crippen MR) is 86.9 cm³/mol. The van der Waals surface area contributed by atoms with Gasteiger partial charge >= 0.3 is 0 Å². The number of nitrogens with two attached hydrogens (primary N) is 1. The first-order valence-corrected chi connectivity index (χ1v) is 7.80. The van der Waals surface area contributed by atoms with E-state index in [0.29, 0.717) is 10.8 Å². The van der Waals surface area contributed by atoms with Crippen LogP contribution in [-0.4, -0.2) is 31.5 Å². The molecule has 0 aromatic carbocycles. The Morgan fingerprint density at radius 1 is 1.39 bits per heavy atom. The van der Waals surface area contributed by atoms with Gasteiger partial charge in [0, 0.05) is 11.4 Å². The molecule has 0 unspecified atom stereocenters. The Balaban J connectivity index is 2.07. The molecule has 0 spiro atoms. The van der Waals surface area contributed by atoms with Crippen LogP contribution < -0.4 is 5.73 Å². The maximum Gasteiger partial charge on any atom is 0.185 e. The van der Waals surface area contributed by atoms with Gasteiger partial charge < -0.3 is 5.73 Å². The zero-order valence-electron chi connectivity index (χ0n) is 13.1. The van der Waals surface area contributed by atoms with Crippen LogP contribution in [0.2, 0.25) is 0 Å². The van der Waals surface area contributed by atoms with Gasteiger partial charge in [-0.1, -0.05) is 11.8 Å². The molecule has 7 nitrogen and oxygen atoms in total. The lowest BCUT2D eigenvalue weighted by molar-refractivity contribution is -0.112. The van der Waals surface area contributed by atoms with Crippen molar-refractivity contribution in [1.82, 2.24) is 20.0 Å². The minimum absolute atomic E-state index is 0.00952. The van der Waals surface area contributed by atoms with Crippen LogP contribution in [-0.2, 0) is 4.79 Å². The van der Waals surface area contributed by atoms with Crippen molar-refractivity contribution in [2.45, 2.75) is 25.8 Å². The molecule has 23 heavy (non-hydrogen) atoms. The fourth-order valence-electron chi connectivity index (χ4n) is 1.95. The number of Topliss-reactive ketones (excluding diaryl/α,β-unsaturated/α-hetero) is 1. The summed E-state index contributed by atoms with van der Waals surface area (Å²) >= 11 is 1.21. The van der Waals surface area contributed by atoms with Crippen LogP contribution in [0.5, 0.6) is 0 Å². The predicted octanol–water partition coefficient (Wildman–Crippen LogP) is 1.70. The quantitative estimate of drug-likeness (QED) is 0.505. The summed E-state index contributed by atoms with van der Waals surface area (Å²) in [5.74, 6) is 0.384. The molecule has 0 amide bonds. The molecule has 0 fully saturated rings. The molecule has 8 heteroatoms. The van der Waals surface area contributed by atoms with E-state index in [4.69, 9.17) is 11.0 Å². The van der Waals surface area contributed by atoms with E-state index in [1.165, 1.54) is 18.7 Å². The van der Waals surface area contributed by atoms with E-state index in [1.54, 1.807) is 16.8 Å². The van der Waals surface area contributed by atoms with Gasteiger partial charge in [-0.15, -0.1) is 10.2 Å². The van der Waals surface area contributed by atoms with Crippen molar-refractivity contribution in [1.29, 1.82) is 5.26 Å². The summed E-state index contributed by atoms with van der Waals surface area (Å²) in [7, 11) is 0. The normalized spacial score (nSPS) is 11.7. The Bertz CT molecular complexity index is 796. The molecule has 0 bridgehead atoms. The molecule has 0 saturated carbocycles.